The second kappa shape index (κ2) is 16.3. The molecule has 0 aromatic heterocycles. The molecule has 2 aromatic rings. The summed E-state index contributed by atoms with van der Waals surface area (Å²) in [7, 11) is 0. The van der Waals surface area contributed by atoms with Gasteiger partial charge in [-0.15, -0.1) is 0 Å². The first-order valence-corrected chi connectivity index (χ1v) is 16.1. The van der Waals surface area contributed by atoms with Crippen molar-refractivity contribution >= 4 is 33.7 Å². The van der Waals surface area contributed by atoms with Crippen molar-refractivity contribution < 1.29 is 34.1 Å². The van der Waals surface area contributed by atoms with Crippen molar-refractivity contribution in [2.75, 3.05) is 13.2 Å². The maximum Gasteiger partial charge on any atom is 0.416 e. The Balaban J connectivity index is 1.49. The smallest absolute Gasteiger partial charge is 0.416 e. The molecule has 4 rings (SSSR count). The summed E-state index contributed by atoms with van der Waals surface area (Å²) in [6.07, 6.45) is 7.83. The molecule has 0 unspecified atom stereocenters. The minimum absolute atomic E-state index is 0.0633. The van der Waals surface area contributed by atoms with Crippen LogP contribution in [0.15, 0.2) is 71.2 Å². The molecule has 2 aromatic carbocycles. The van der Waals surface area contributed by atoms with Crippen LogP contribution >= 0.6 is 15.9 Å². The highest BCUT2D eigenvalue weighted by molar-refractivity contribution is 9.11. The third-order valence-electron chi connectivity index (χ3n) is 8.16. The van der Waals surface area contributed by atoms with E-state index in [0.29, 0.717) is 12.8 Å². The average Bonchev–Trinajstić information content (AvgIpc) is 3.37. The molecule has 0 aliphatic carbocycles. The number of cyclic esters (lactones) is 1. The zero-order valence-corrected chi connectivity index (χ0v) is 26.1. The van der Waals surface area contributed by atoms with Crippen molar-refractivity contribution in [2.45, 2.75) is 88.6 Å². The summed E-state index contributed by atoms with van der Waals surface area (Å²) in [5.74, 6) is -3.81. The predicted octanol–water partition coefficient (Wildman–Crippen LogP) is 5.87. The van der Waals surface area contributed by atoms with Crippen molar-refractivity contribution in [3.63, 3.8) is 0 Å². The SMILES string of the molecule is O=C1C=C(Br)[C@@](O)(CCCCCCCCCCO)O[C@H]1[C@@H](Cc1ccccc1)C(=O)N1C(=O)OC[C@@H]1Cc1ccccc1. The zero-order valence-electron chi connectivity index (χ0n) is 24.5. The molecular formula is C34H42BrNO7. The Kier molecular flexibility index (Phi) is 12.5. The normalized spacial score (nSPS) is 22.8. The number of unbranched alkanes of at least 4 members (excludes halogenated alkanes) is 7. The first kappa shape index (κ1) is 33.1. The molecule has 232 valence electrons. The topological polar surface area (TPSA) is 113 Å². The van der Waals surface area contributed by atoms with E-state index in [4.69, 9.17) is 14.6 Å². The average molecular weight is 657 g/mol. The Labute approximate surface area is 262 Å². The van der Waals surface area contributed by atoms with Gasteiger partial charge >= 0.3 is 6.09 Å². The molecule has 2 heterocycles. The van der Waals surface area contributed by atoms with Crippen LogP contribution in [0, 0.1) is 5.92 Å². The number of halogens is 1. The van der Waals surface area contributed by atoms with E-state index in [1.807, 2.05) is 60.7 Å². The fourth-order valence-corrected chi connectivity index (χ4v) is 6.29. The van der Waals surface area contributed by atoms with Crippen molar-refractivity contribution in [3.05, 3.63) is 82.3 Å². The van der Waals surface area contributed by atoms with Crippen LogP contribution in [0.1, 0.15) is 68.9 Å². The number of hydrogen-bond acceptors (Lipinski definition) is 7. The Bertz CT molecular complexity index is 1240. The zero-order chi connectivity index (χ0) is 30.7. The number of carbonyl (C=O) groups is 3. The Morgan fingerprint density at radius 1 is 0.907 bits per heavy atom. The lowest BCUT2D eigenvalue weighted by Gasteiger charge is -2.38. The molecule has 0 spiro atoms. The van der Waals surface area contributed by atoms with E-state index in [1.165, 1.54) is 6.08 Å². The lowest BCUT2D eigenvalue weighted by molar-refractivity contribution is -0.218. The molecule has 0 saturated carbocycles. The Morgan fingerprint density at radius 2 is 1.49 bits per heavy atom. The minimum Gasteiger partial charge on any atom is -0.447 e. The van der Waals surface area contributed by atoms with Crippen LogP contribution in [0.5, 0.6) is 0 Å². The van der Waals surface area contributed by atoms with Gasteiger partial charge in [0.15, 0.2) is 11.6 Å². The van der Waals surface area contributed by atoms with Gasteiger partial charge in [-0.3, -0.25) is 9.59 Å². The summed E-state index contributed by atoms with van der Waals surface area (Å²) in [6.45, 7) is 0.298. The molecular weight excluding hydrogens is 614 g/mol. The van der Waals surface area contributed by atoms with Gasteiger partial charge < -0.3 is 19.7 Å². The maximum atomic E-state index is 14.2. The van der Waals surface area contributed by atoms with Crippen LogP contribution < -0.4 is 0 Å². The highest BCUT2D eigenvalue weighted by atomic mass is 79.9. The summed E-state index contributed by atoms with van der Waals surface area (Å²) in [6, 6.07) is 18.3. The molecule has 1 saturated heterocycles. The van der Waals surface area contributed by atoms with E-state index < -0.39 is 41.6 Å². The van der Waals surface area contributed by atoms with Crippen LogP contribution in [0.4, 0.5) is 4.79 Å². The first-order valence-electron chi connectivity index (χ1n) is 15.3. The number of carbonyl (C=O) groups excluding carboxylic acids is 3. The molecule has 43 heavy (non-hydrogen) atoms. The third-order valence-corrected chi connectivity index (χ3v) is 9.01. The van der Waals surface area contributed by atoms with E-state index in [1.54, 1.807) is 0 Å². The highest BCUT2D eigenvalue weighted by Gasteiger charge is 2.49. The van der Waals surface area contributed by atoms with Crippen molar-refractivity contribution in [1.82, 2.24) is 4.90 Å². The third kappa shape index (κ3) is 9.08. The molecule has 2 N–H and O–H groups in total. The van der Waals surface area contributed by atoms with E-state index in [2.05, 4.69) is 15.9 Å². The van der Waals surface area contributed by atoms with Crippen molar-refractivity contribution in [3.8, 4) is 0 Å². The number of nitrogens with zero attached hydrogens (tertiary/aromatic N) is 1. The van der Waals surface area contributed by atoms with Gasteiger partial charge in [-0.25, -0.2) is 9.69 Å². The van der Waals surface area contributed by atoms with Crippen LogP contribution in [-0.4, -0.2) is 64.0 Å². The number of hydrogen-bond donors (Lipinski definition) is 2. The van der Waals surface area contributed by atoms with Crippen LogP contribution in [0.3, 0.4) is 0 Å². The summed E-state index contributed by atoms with van der Waals surface area (Å²) in [5, 5.41) is 20.5. The van der Waals surface area contributed by atoms with Gasteiger partial charge in [0.25, 0.3) is 0 Å². The van der Waals surface area contributed by atoms with Gasteiger partial charge in [0.2, 0.25) is 5.91 Å². The number of benzene rings is 2. The molecule has 0 bridgehead atoms. The molecule has 1 fully saturated rings. The molecule has 2 aliphatic rings. The van der Waals surface area contributed by atoms with Crippen LogP contribution in [0.25, 0.3) is 0 Å². The maximum absolute atomic E-state index is 14.2. The summed E-state index contributed by atoms with van der Waals surface area (Å²) >= 11 is 3.35. The molecule has 4 atom stereocenters. The summed E-state index contributed by atoms with van der Waals surface area (Å²) in [5.41, 5.74) is 1.76. The fraction of sp³-hybridized carbons (Fsp3) is 0.500. The second-order valence-electron chi connectivity index (χ2n) is 11.4. The number of amides is 2. The fourth-order valence-electron chi connectivity index (χ4n) is 5.78. The Morgan fingerprint density at radius 3 is 2.12 bits per heavy atom. The molecule has 0 radical (unpaired) electrons. The van der Waals surface area contributed by atoms with E-state index in [9.17, 15) is 19.5 Å². The summed E-state index contributed by atoms with van der Waals surface area (Å²) in [4.78, 5) is 41.6. The van der Waals surface area contributed by atoms with E-state index in [-0.39, 0.29) is 30.5 Å². The lowest BCUT2D eigenvalue weighted by Crippen LogP contribution is -2.53. The molecule has 2 amide bonds. The minimum atomic E-state index is -1.76. The van der Waals surface area contributed by atoms with Crippen molar-refractivity contribution in [1.29, 1.82) is 0 Å². The largest absolute Gasteiger partial charge is 0.447 e. The van der Waals surface area contributed by atoms with Crippen LogP contribution in [-0.2, 0) is 31.9 Å². The monoisotopic (exact) mass is 655 g/mol. The van der Waals surface area contributed by atoms with E-state index >= 15 is 0 Å². The number of ether oxygens (including phenoxy) is 2. The van der Waals surface area contributed by atoms with Gasteiger partial charge in [-0.05, 0) is 58.8 Å². The highest BCUT2D eigenvalue weighted by Crippen LogP contribution is 2.38. The number of aliphatic hydroxyl groups excluding tert-OH is 1. The van der Waals surface area contributed by atoms with Crippen LogP contribution in [0.2, 0.25) is 0 Å². The van der Waals surface area contributed by atoms with E-state index in [0.717, 1.165) is 61.0 Å². The van der Waals surface area contributed by atoms with Gasteiger partial charge in [-0.1, -0.05) is 99.2 Å². The molecule has 2 aliphatic heterocycles. The predicted molar refractivity (Wildman–Crippen MR) is 166 cm³/mol. The van der Waals surface area contributed by atoms with Gasteiger partial charge in [-0.2, -0.15) is 0 Å². The lowest BCUT2D eigenvalue weighted by atomic mass is 9.87. The Hall–Kier alpha value is -2.85. The quantitative estimate of drug-likeness (QED) is 0.217. The second-order valence-corrected chi connectivity index (χ2v) is 12.3. The van der Waals surface area contributed by atoms with Gasteiger partial charge in [0, 0.05) is 13.0 Å². The molecule has 9 heteroatoms. The summed E-state index contributed by atoms with van der Waals surface area (Å²) < 4.78 is 11.7. The first-order chi connectivity index (χ1) is 20.8. The number of rotatable bonds is 16. The van der Waals surface area contributed by atoms with Gasteiger partial charge in [0.05, 0.1) is 16.4 Å². The van der Waals surface area contributed by atoms with Gasteiger partial charge in [0.1, 0.15) is 12.7 Å². The number of aliphatic hydroxyl groups is 2. The molecule has 8 nitrogen and oxygen atoms in total. The van der Waals surface area contributed by atoms with Crippen molar-refractivity contribution in [2.24, 2.45) is 5.92 Å². The number of imide groups is 1. The number of ketones is 1. The standard InChI is InChI=1S/C34H42BrNO7/c35-30-23-29(38)31(43-34(30,41)19-13-5-3-1-2-4-6-14-20-37)28(22-26-17-11-8-12-18-26)32(39)36-27(24-42-33(36)40)21-25-15-9-7-10-16-25/h7-12,15-18,23,27-28,31,37,41H,1-6,13-14,19-22,24H2/t27-,28+,31-,34+/m0/s1.